The van der Waals surface area contributed by atoms with Gasteiger partial charge in [0.2, 0.25) is 0 Å². The van der Waals surface area contributed by atoms with Crippen LogP contribution in [-0.2, 0) is 4.79 Å². The van der Waals surface area contributed by atoms with Gasteiger partial charge in [-0.05, 0) is 66.3 Å². The molecule has 0 heterocycles. The average molecular weight is 427 g/mol. The predicted molar refractivity (Wildman–Crippen MR) is 125 cm³/mol. The summed E-state index contributed by atoms with van der Waals surface area (Å²) in [4.78, 5) is 12.0. The second-order valence-corrected chi connectivity index (χ2v) is 7.72. The number of carbonyl (C=O) groups is 1. The van der Waals surface area contributed by atoms with Gasteiger partial charge < -0.3 is 14.2 Å². The molecule has 0 aromatic heterocycles. The molecule has 0 aliphatic rings. The van der Waals surface area contributed by atoms with Gasteiger partial charge in [0.05, 0.1) is 19.9 Å². The summed E-state index contributed by atoms with van der Waals surface area (Å²) >= 11 is 0. The Balaban J connectivity index is 1.84. The van der Waals surface area contributed by atoms with Gasteiger partial charge in [-0.1, -0.05) is 39.7 Å². The molecule has 0 aliphatic heterocycles. The minimum absolute atomic E-state index is 0.105. The lowest BCUT2D eigenvalue weighted by molar-refractivity contribution is -0.123. The molecule has 0 bridgehead atoms. The third-order valence-electron chi connectivity index (χ3n) is 4.83. The van der Waals surface area contributed by atoms with Crippen LogP contribution >= 0.6 is 0 Å². The number of hydrogen-bond acceptors (Lipinski definition) is 5. The van der Waals surface area contributed by atoms with E-state index in [1.165, 1.54) is 5.56 Å². The van der Waals surface area contributed by atoms with Crippen molar-refractivity contribution in [3.05, 3.63) is 53.1 Å². The first-order chi connectivity index (χ1) is 14.9. The Labute approximate surface area is 185 Å². The van der Waals surface area contributed by atoms with E-state index in [1.807, 2.05) is 43.3 Å². The SMILES string of the molecule is CCCCCOc1ccc(/C=N/NC(=O)COc2ccc(C(C)C)c(C)c2)cc1OC. The molecule has 2 rings (SSSR count). The first kappa shape index (κ1) is 24.3. The molecule has 6 nitrogen and oxygen atoms in total. The van der Waals surface area contributed by atoms with Crippen LogP contribution < -0.4 is 19.6 Å². The van der Waals surface area contributed by atoms with Gasteiger partial charge in [-0.25, -0.2) is 5.43 Å². The van der Waals surface area contributed by atoms with E-state index in [0.717, 1.165) is 30.4 Å². The maximum Gasteiger partial charge on any atom is 0.277 e. The van der Waals surface area contributed by atoms with E-state index in [-0.39, 0.29) is 12.5 Å². The molecule has 1 amide bonds. The van der Waals surface area contributed by atoms with E-state index in [1.54, 1.807) is 13.3 Å². The Morgan fingerprint density at radius 2 is 1.90 bits per heavy atom. The largest absolute Gasteiger partial charge is 0.493 e. The molecule has 1 N–H and O–H groups in total. The van der Waals surface area contributed by atoms with Crippen LogP contribution in [0, 0.1) is 6.92 Å². The number of carbonyl (C=O) groups excluding carboxylic acids is 1. The van der Waals surface area contributed by atoms with Gasteiger partial charge in [0, 0.05) is 0 Å². The van der Waals surface area contributed by atoms with Crippen molar-refractivity contribution in [2.75, 3.05) is 20.3 Å². The minimum Gasteiger partial charge on any atom is -0.493 e. The average Bonchev–Trinajstić information content (AvgIpc) is 2.75. The molecule has 2 aromatic rings. The molecule has 168 valence electrons. The monoisotopic (exact) mass is 426 g/mol. The summed E-state index contributed by atoms with van der Waals surface area (Å²) in [6.07, 6.45) is 4.86. The summed E-state index contributed by atoms with van der Waals surface area (Å²) in [6.45, 7) is 9.06. The first-order valence-electron chi connectivity index (χ1n) is 10.8. The lowest BCUT2D eigenvalue weighted by atomic mass is 9.98. The molecule has 0 fully saturated rings. The van der Waals surface area contributed by atoms with Gasteiger partial charge in [-0.3, -0.25) is 4.79 Å². The number of nitrogens with zero attached hydrogens (tertiary/aromatic N) is 1. The number of rotatable bonds is 12. The molecular formula is C25H34N2O4. The fourth-order valence-corrected chi connectivity index (χ4v) is 3.16. The predicted octanol–water partition coefficient (Wildman–Crippen LogP) is 5.23. The third kappa shape index (κ3) is 7.96. The van der Waals surface area contributed by atoms with Gasteiger partial charge in [0.15, 0.2) is 18.1 Å². The molecule has 31 heavy (non-hydrogen) atoms. The highest BCUT2D eigenvalue weighted by atomic mass is 16.5. The van der Waals surface area contributed by atoms with E-state index in [0.29, 0.717) is 29.8 Å². The van der Waals surface area contributed by atoms with Crippen LogP contribution in [0.1, 0.15) is 62.6 Å². The van der Waals surface area contributed by atoms with Crippen molar-refractivity contribution in [2.24, 2.45) is 5.10 Å². The van der Waals surface area contributed by atoms with E-state index < -0.39 is 0 Å². The van der Waals surface area contributed by atoms with Crippen LogP contribution in [0.4, 0.5) is 0 Å². The van der Waals surface area contributed by atoms with Crippen LogP contribution in [-0.4, -0.2) is 32.4 Å². The van der Waals surface area contributed by atoms with Crippen molar-refractivity contribution < 1.29 is 19.0 Å². The molecule has 0 aliphatic carbocycles. The maximum absolute atomic E-state index is 12.0. The smallest absolute Gasteiger partial charge is 0.277 e. The summed E-state index contributed by atoms with van der Waals surface area (Å²) < 4.78 is 16.7. The molecule has 0 saturated heterocycles. The Bertz CT molecular complexity index is 878. The molecule has 0 radical (unpaired) electrons. The number of methoxy groups -OCH3 is 1. The zero-order valence-corrected chi connectivity index (χ0v) is 19.2. The Morgan fingerprint density at radius 1 is 1.10 bits per heavy atom. The summed E-state index contributed by atoms with van der Waals surface area (Å²) in [5.74, 6) is 2.12. The highest BCUT2D eigenvalue weighted by molar-refractivity contribution is 5.83. The van der Waals surface area contributed by atoms with Crippen LogP contribution in [0.5, 0.6) is 17.2 Å². The number of ether oxygens (including phenoxy) is 3. The fraction of sp³-hybridized carbons (Fsp3) is 0.440. The van der Waals surface area contributed by atoms with Gasteiger partial charge in [0.25, 0.3) is 5.91 Å². The second-order valence-electron chi connectivity index (χ2n) is 7.72. The second kappa shape index (κ2) is 12.6. The number of unbranched alkanes of at least 4 members (excludes halogenated alkanes) is 2. The Kier molecular flexibility index (Phi) is 9.88. The topological polar surface area (TPSA) is 69.2 Å². The third-order valence-corrected chi connectivity index (χ3v) is 4.83. The van der Waals surface area contributed by atoms with Crippen molar-refractivity contribution in [3.63, 3.8) is 0 Å². The Hall–Kier alpha value is -3.02. The fourth-order valence-electron chi connectivity index (χ4n) is 3.16. The van der Waals surface area contributed by atoms with Crippen LogP contribution in [0.2, 0.25) is 0 Å². The number of amides is 1. The Morgan fingerprint density at radius 3 is 2.58 bits per heavy atom. The van der Waals surface area contributed by atoms with Crippen LogP contribution in [0.3, 0.4) is 0 Å². The lowest BCUT2D eigenvalue weighted by Crippen LogP contribution is -2.24. The number of hydrogen-bond donors (Lipinski definition) is 1. The molecule has 0 atom stereocenters. The normalized spacial score (nSPS) is 11.0. The highest BCUT2D eigenvalue weighted by Gasteiger charge is 2.07. The minimum atomic E-state index is -0.329. The molecule has 0 saturated carbocycles. The maximum atomic E-state index is 12.0. The molecule has 6 heteroatoms. The zero-order valence-electron chi connectivity index (χ0n) is 19.2. The standard InChI is InChI=1S/C25H34N2O4/c1-6-7-8-13-30-23-12-9-20(15-24(23)29-5)16-26-27-25(28)17-31-21-10-11-22(18(2)3)19(4)14-21/h9-12,14-16,18H,6-8,13,17H2,1-5H3,(H,27,28)/b26-16+. The van der Waals surface area contributed by atoms with Crippen molar-refractivity contribution in [1.82, 2.24) is 5.43 Å². The van der Waals surface area contributed by atoms with Gasteiger partial charge in [-0.2, -0.15) is 5.10 Å². The van der Waals surface area contributed by atoms with Gasteiger partial charge >= 0.3 is 0 Å². The van der Waals surface area contributed by atoms with E-state index in [4.69, 9.17) is 14.2 Å². The summed E-state index contributed by atoms with van der Waals surface area (Å²) in [5.41, 5.74) is 5.69. The van der Waals surface area contributed by atoms with Gasteiger partial charge in [-0.15, -0.1) is 0 Å². The van der Waals surface area contributed by atoms with Crippen LogP contribution in [0.25, 0.3) is 0 Å². The van der Waals surface area contributed by atoms with Gasteiger partial charge in [0.1, 0.15) is 5.75 Å². The van der Waals surface area contributed by atoms with Crippen molar-refractivity contribution in [2.45, 2.75) is 52.9 Å². The summed E-state index contributed by atoms with van der Waals surface area (Å²) in [7, 11) is 1.60. The number of benzene rings is 2. The number of hydrazone groups is 1. The highest BCUT2D eigenvalue weighted by Crippen LogP contribution is 2.28. The molecule has 2 aromatic carbocycles. The number of aryl methyl sites for hydroxylation is 1. The summed E-state index contributed by atoms with van der Waals surface area (Å²) in [6, 6.07) is 11.4. The van der Waals surface area contributed by atoms with E-state index in [9.17, 15) is 4.79 Å². The lowest BCUT2D eigenvalue weighted by Gasteiger charge is -2.12. The van der Waals surface area contributed by atoms with E-state index >= 15 is 0 Å². The molecular weight excluding hydrogens is 392 g/mol. The number of nitrogens with one attached hydrogen (secondary N) is 1. The van der Waals surface area contributed by atoms with Crippen molar-refractivity contribution in [1.29, 1.82) is 0 Å². The first-order valence-corrected chi connectivity index (χ1v) is 10.8. The van der Waals surface area contributed by atoms with Crippen molar-refractivity contribution in [3.8, 4) is 17.2 Å². The van der Waals surface area contributed by atoms with Crippen molar-refractivity contribution >= 4 is 12.1 Å². The van der Waals surface area contributed by atoms with E-state index in [2.05, 4.69) is 31.3 Å². The zero-order chi connectivity index (χ0) is 22.6. The quantitative estimate of drug-likeness (QED) is 0.287. The molecule has 0 spiro atoms. The summed E-state index contributed by atoms with van der Waals surface area (Å²) in [5, 5.41) is 4.00. The van der Waals surface area contributed by atoms with Crippen LogP contribution in [0.15, 0.2) is 41.5 Å². The molecule has 0 unspecified atom stereocenters.